The van der Waals surface area contributed by atoms with E-state index >= 15 is 0 Å². The Labute approximate surface area is 167 Å². The van der Waals surface area contributed by atoms with Crippen LogP contribution in [0.25, 0.3) is 0 Å². The van der Waals surface area contributed by atoms with E-state index in [0.29, 0.717) is 16.0 Å². The molecule has 0 bridgehead atoms. The number of aromatic nitrogens is 2. The van der Waals surface area contributed by atoms with E-state index in [-0.39, 0.29) is 18.4 Å². The number of thioether (sulfide) groups is 1. The molecule has 0 saturated heterocycles. The summed E-state index contributed by atoms with van der Waals surface area (Å²) >= 11 is 2.67. The summed E-state index contributed by atoms with van der Waals surface area (Å²) in [7, 11) is 0. The molecular weight excluding hydrogens is 382 g/mol. The molecule has 1 heterocycles. The quantitative estimate of drug-likeness (QED) is 0.438. The van der Waals surface area contributed by atoms with Gasteiger partial charge in [-0.1, -0.05) is 47.4 Å². The normalized spacial score (nSPS) is 11.5. The maximum absolute atomic E-state index is 12.2. The number of rotatable bonds is 9. The molecule has 0 spiro atoms. The van der Waals surface area contributed by atoms with Crippen molar-refractivity contribution < 1.29 is 9.59 Å². The van der Waals surface area contributed by atoms with E-state index in [1.165, 1.54) is 23.1 Å². The minimum Gasteiger partial charge on any atom is -0.357 e. The van der Waals surface area contributed by atoms with Crippen molar-refractivity contribution in [1.29, 1.82) is 0 Å². The Hall–Kier alpha value is -2.39. The van der Waals surface area contributed by atoms with Crippen molar-refractivity contribution in [1.82, 2.24) is 15.5 Å². The van der Waals surface area contributed by atoms with Crippen LogP contribution in [0.3, 0.4) is 0 Å². The van der Waals surface area contributed by atoms with Gasteiger partial charge < -0.3 is 16.0 Å². The second-order valence-corrected chi connectivity index (χ2v) is 8.40. The molecule has 1 atom stereocenters. The van der Waals surface area contributed by atoms with Crippen LogP contribution < -0.4 is 16.0 Å². The Balaban J connectivity index is 1.81. The molecule has 0 radical (unpaired) electrons. The smallest absolute Gasteiger partial charge is 0.243 e. The Bertz CT molecular complexity index is 802. The molecule has 0 aliphatic carbocycles. The van der Waals surface area contributed by atoms with Crippen LogP contribution in [-0.2, 0) is 9.59 Å². The van der Waals surface area contributed by atoms with Gasteiger partial charge in [0.2, 0.25) is 16.9 Å². The number of nitrogens with one attached hydrogen (secondary N) is 3. The summed E-state index contributed by atoms with van der Waals surface area (Å²) in [5.41, 5.74) is 2.75. The van der Waals surface area contributed by atoms with E-state index in [0.717, 1.165) is 16.8 Å². The molecule has 0 fully saturated rings. The molecule has 27 heavy (non-hydrogen) atoms. The molecular formula is C18H23N5O2S2. The lowest BCUT2D eigenvalue weighted by Gasteiger charge is -2.13. The van der Waals surface area contributed by atoms with Crippen LogP contribution >= 0.6 is 23.1 Å². The van der Waals surface area contributed by atoms with Gasteiger partial charge >= 0.3 is 0 Å². The first-order valence-electron chi connectivity index (χ1n) is 8.39. The third kappa shape index (κ3) is 6.37. The molecule has 2 amide bonds. The van der Waals surface area contributed by atoms with Crippen LogP contribution in [0.15, 0.2) is 35.2 Å². The van der Waals surface area contributed by atoms with Crippen LogP contribution in [0.1, 0.15) is 18.1 Å². The predicted octanol–water partition coefficient (Wildman–Crippen LogP) is 2.99. The van der Waals surface area contributed by atoms with Crippen molar-refractivity contribution >= 4 is 45.7 Å². The molecule has 144 valence electrons. The molecule has 1 aromatic carbocycles. The molecule has 0 aliphatic heterocycles. The van der Waals surface area contributed by atoms with Crippen molar-refractivity contribution in [3.8, 4) is 0 Å². The number of hydrogen-bond donors (Lipinski definition) is 3. The number of benzene rings is 1. The summed E-state index contributed by atoms with van der Waals surface area (Å²) < 4.78 is 0.684. The minimum atomic E-state index is -0.391. The maximum atomic E-state index is 12.2. The third-order valence-corrected chi connectivity index (χ3v) is 5.68. The lowest BCUT2D eigenvalue weighted by atomic mass is 10.1. The number of aryl methyl sites for hydroxylation is 2. The molecule has 0 saturated carbocycles. The van der Waals surface area contributed by atoms with Crippen molar-refractivity contribution in [2.75, 3.05) is 23.7 Å². The predicted molar refractivity (Wildman–Crippen MR) is 111 cm³/mol. The molecule has 2 aromatic rings. The van der Waals surface area contributed by atoms with E-state index < -0.39 is 5.25 Å². The number of carbonyl (C=O) groups is 2. The maximum Gasteiger partial charge on any atom is 0.243 e. The van der Waals surface area contributed by atoms with Gasteiger partial charge in [-0.05, 0) is 31.9 Å². The lowest BCUT2D eigenvalue weighted by molar-refractivity contribution is -0.123. The van der Waals surface area contributed by atoms with Gasteiger partial charge in [-0.15, -0.1) is 16.8 Å². The van der Waals surface area contributed by atoms with E-state index in [4.69, 9.17) is 0 Å². The zero-order valence-electron chi connectivity index (χ0n) is 15.5. The van der Waals surface area contributed by atoms with Gasteiger partial charge in [0.15, 0.2) is 4.34 Å². The molecule has 2 rings (SSSR count). The number of para-hydroxylation sites is 1. The van der Waals surface area contributed by atoms with Crippen molar-refractivity contribution in [2.45, 2.75) is 30.4 Å². The molecule has 1 aromatic heterocycles. The largest absolute Gasteiger partial charge is 0.357 e. The van der Waals surface area contributed by atoms with E-state index in [1.807, 2.05) is 32.0 Å². The first-order valence-corrected chi connectivity index (χ1v) is 10.1. The second kappa shape index (κ2) is 10.1. The average Bonchev–Trinajstić information content (AvgIpc) is 3.08. The summed E-state index contributed by atoms with van der Waals surface area (Å²) in [6, 6.07) is 5.80. The number of amides is 2. The Morgan fingerprint density at radius 2 is 2.00 bits per heavy atom. The molecule has 9 heteroatoms. The summed E-state index contributed by atoms with van der Waals surface area (Å²) in [6.45, 7) is 9.77. The summed E-state index contributed by atoms with van der Waals surface area (Å²) in [4.78, 5) is 24.4. The van der Waals surface area contributed by atoms with Crippen LogP contribution in [0.2, 0.25) is 0 Å². The fourth-order valence-corrected chi connectivity index (χ4v) is 4.13. The Kier molecular flexibility index (Phi) is 7.81. The topological polar surface area (TPSA) is 96.0 Å². The number of carbonyl (C=O) groups excluding carboxylic acids is 2. The van der Waals surface area contributed by atoms with Gasteiger partial charge in [-0.2, -0.15) is 0 Å². The fourth-order valence-electron chi connectivity index (χ4n) is 2.20. The number of hydrogen-bond acceptors (Lipinski definition) is 7. The van der Waals surface area contributed by atoms with E-state index in [2.05, 4.69) is 32.7 Å². The zero-order chi connectivity index (χ0) is 19.8. The summed E-state index contributed by atoms with van der Waals surface area (Å²) in [5.74, 6) is -0.489. The highest BCUT2D eigenvalue weighted by Crippen LogP contribution is 2.28. The molecule has 0 aliphatic rings. The highest BCUT2D eigenvalue weighted by molar-refractivity contribution is 8.02. The van der Waals surface area contributed by atoms with E-state index in [1.54, 1.807) is 13.0 Å². The fraction of sp³-hybridized carbons (Fsp3) is 0.333. The van der Waals surface area contributed by atoms with Gasteiger partial charge in [-0.3, -0.25) is 9.59 Å². The first-order chi connectivity index (χ1) is 12.9. The SMILES string of the molecule is C=CCNc1nnc(S[C@H](C)C(=O)NCC(=O)Nc2c(C)cccc2C)s1. The van der Waals surface area contributed by atoms with Gasteiger partial charge in [0.25, 0.3) is 0 Å². The number of anilines is 2. The molecule has 0 unspecified atom stereocenters. The van der Waals surface area contributed by atoms with Gasteiger partial charge in [-0.25, -0.2) is 0 Å². The Morgan fingerprint density at radius 1 is 1.30 bits per heavy atom. The summed E-state index contributed by atoms with van der Waals surface area (Å²) in [5, 5.41) is 16.9. The average molecular weight is 406 g/mol. The van der Waals surface area contributed by atoms with Crippen molar-refractivity contribution in [3.05, 3.63) is 42.0 Å². The lowest BCUT2D eigenvalue weighted by Crippen LogP contribution is -2.37. The highest BCUT2D eigenvalue weighted by atomic mass is 32.2. The monoisotopic (exact) mass is 405 g/mol. The second-order valence-electron chi connectivity index (χ2n) is 5.84. The van der Waals surface area contributed by atoms with Gasteiger partial charge in [0.05, 0.1) is 11.8 Å². The highest BCUT2D eigenvalue weighted by Gasteiger charge is 2.18. The van der Waals surface area contributed by atoms with E-state index in [9.17, 15) is 9.59 Å². The number of nitrogens with zero attached hydrogens (tertiary/aromatic N) is 2. The molecule has 3 N–H and O–H groups in total. The molecule has 7 nitrogen and oxygen atoms in total. The van der Waals surface area contributed by atoms with Crippen LogP contribution in [-0.4, -0.2) is 40.4 Å². The minimum absolute atomic E-state index is 0.0836. The van der Waals surface area contributed by atoms with Crippen LogP contribution in [0, 0.1) is 13.8 Å². The van der Waals surface area contributed by atoms with Crippen molar-refractivity contribution in [2.24, 2.45) is 0 Å². The van der Waals surface area contributed by atoms with Gasteiger partial charge in [0, 0.05) is 12.2 Å². The van der Waals surface area contributed by atoms with Crippen LogP contribution in [0.4, 0.5) is 10.8 Å². The summed E-state index contributed by atoms with van der Waals surface area (Å²) in [6.07, 6.45) is 1.73. The van der Waals surface area contributed by atoms with Crippen molar-refractivity contribution in [3.63, 3.8) is 0 Å². The standard InChI is InChI=1S/C18H23N5O2S2/c1-5-9-19-17-22-23-18(27-17)26-13(4)16(25)20-10-14(24)21-15-11(2)7-6-8-12(15)3/h5-8,13H,1,9-10H2,2-4H3,(H,19,22)(H,20,25)(H,21,24)/t13-/m1/s1. The van der Waals surface area contributed by atoms with Gasteiger partial charge in [0.1, 0.15) is 0 Å². The van der Waals surface area contributed by atoms with Crippen LogP contribution in [0.5, 0.6) is 0 Å². The third-order valence-electron chi connectivity index (χ3n) is 3.62. The zero-order valence-corrected chi connectivity index (χ0v) is 17.2. The first kappa shape index (κ1) is 20.9. The Morgan fingerprint density at radius 3 is 2.67 bits per heavy atom.